The predicted molar refractivity (Wildman–Crippen MR) is 169 cm³/mol. The van der Waals surface area contributed by atoms with Crippen LogP contribution in [0.5, 0.6) is 0 Å². The van der Waals surface area contributed by atoms with Crippen molar-refractivity contribution in [1.82, 2.24) is 0 Å². The number of Topliss-reactive ketones (excluding diaryl/α,β-unsaturated/α-hetero) is 2. The van der Waals surface area contributed by atoms with Gasteiger partial charge in [-0.15, -0.1) is 0 Å². The van der Waals surface area contributed by atoms with Crippen LogP contribution in [0.2, 0.25) is 0 Å². The highest BCUT2D eigenvalue weighted by molar-refractivity contribution is 6.13. The molecule has 0 heterocycles. The van der Waals surface area contributed by atoms with Crippen LogP contribution in [0.1, 0.15) is 87.6 Å². The molecule has 0 amide bonds. The molecule has 40 heavy (non-hydrogen) atoms. The zero-order valence-electron chi connectivity index (χ0n) is 26.2. The van der Waals surface area contributed by atoms with Crippen molar-refractivity contribution in [2.24, 2.45) is 21.7 Å². The Balaban J connectivity index is 1.97. The fourth-order valence-electron chi connectivity index (χ4n) is 5.33. The molecular formula is C37H47NO2. The second-order valence-corrected chi connectivity index (χ2v) is 14.5. The molecule has 0 atom stereocenters. The third-order valence-electron chi connectivity index (χ3n) is 8.08. The molecule has 0 spiro atoms. The number of ketones is 2. The highest BCUT2D eigenvalue weighted by Gasteiger charge is 2.40. The summed E-state index contributed by atoms with van der Waals surface area (Å²) in [6, 6.07) is 10.2. The third kappa shape index (κ3) is 7.05. The minimum Gasteiger partial charge on any atom is -0.309 e. The first kappa shape index (κ1) is 31.2. The number of rotatable bonds is 7. The summed E-state index contributed by atoms with van der Waals surface area (Å²) in [6.45, 7) is 21.0. The van der Waals surface area contributed by atoms with Gasteiger partial charge in [0.2, 0.25) is 0 Å². The lowest BCUT2D eigenvalue weighted by molar-refractivity contribution is -0.115. The molecule has 0 radical (unpaired) electrons. The van der Waals surface area contributed by atoms with E-state index in [-0.39, 0.29) is 22.4 Å². The molecule has 0 aliphatic heterocycles. The van der Waals surface area contributed by atoms with Crippen LogP contribution in [0, 0.1) is 27.1 Å². The molecule has 2 aliphatic carbocycles. The molecule has 1 aromatic rings. The number of hydrogen-bond donors (Lipinski definition) is 1. The zero-order valence-corrected chi connectivity index (χ0v) is 26.2. The first-order chi connectivity index (χ1) is 18.4. The normalized spacial score (nSPS) is 19.4. The summed E-state index contributed by atoms with van der Waals surface area (Å²) in [6.07, 6.45) is 14.6. The maximum absolute atomic E-state index is 13.9. The Hall–Kier alpha value is -3.33. The average Bonchev–Trinajstić information content (AvgIpc) is 2.84. The van der Waals surface area contributed by atoms with Gasteiger partial charge >= 0.3 is 0 Å². The van der Waals surface area contributed by atoms with E-state index in [0.29, 0.717) is 0 Å². The second kappa shape index (κ2) is 11.3. The Bertz CT molecular complexity index is 1370. The molecule has 0 saturated carbocycles. The van der Waals surface area contributed by atoms with Gasteiger partial charge in [0.05, 0.1) is 0 Å². The van der Waals surface area contributed by atoms with Gasteiger partial charge in [-0.05, 0) is 87.7 Å². The molecule has 212 valence electrons. The van der Waals surface area contributed by atoms with Crippen LogP contribution in [0.25, 0.3) is 6.08 Å². The van der Waals surface area contributed by atoms with Gasteiger partial charge in [-0.1, -0.05) is 99.6 Å². The van der Waals surface area contributed by atoms with Crippen molar-refractivity contribution in [3.63, 3.8) is 0 Å². The number of carbonyl (C=O) groups is 2. The SMILES string of the molecule is CC(C)(C)C1=C/C(=C/c2ccccc2)C=C(C(C)(C)CCC(C)(C)C2=C/C(=C/C=N)C=C(C(C)(C)C)C2=O)C1=O. The molecule has 3 nitrogen and oxygen atoms in total. The number of hydrogen-bond acceptors (Lipinski definition) is 3. The number of allylic oxidation sites excluding steroid dienone is 11. The summed E-state index contributed by atoms with van der Waals surface area (Å²) in [5, 5.41) is 7.58. The molecule has 3 heteroatoms. The van der Waals surface area contributed by atoms with Crippen LogP contribution in [0.15, 0.2) is 94.2 Å². The Morgan fingerprint density at radius 3 is 1.43 bits per heavy atom. The quantitative estimate of drug-likeness (QED) is 0.352. The highest BCUT2D eigenvalue weighted by Crippen LogP contribution is 2.46. The summed E-state index contributed by atoms with van der Waals surface area (Å²) in [5.74, 6) is 0.194. The smallest absolute Gasteiger partial charge is 0.186 e. The summed E-state index contributed by atoms with van der Waals surface area (Å²) in [7, 11) is 0. The van der Waals surface area contributed by atoms with E-state index in [1.165, 1.54) is 6.21 Å². The topological polar surface area (TPSA) is 58.0 Å². The lowest BCUT2D eigenvalue weighted by Crippen LogP contribution is -2.32. The van der Waals surface area contributed by atoms with Crippen molar-refractivity contribution in [3.8, 4) is 0 Å². The van der Waals surface area contributed by atoms with Crippen molar-refractivity contribution in [1.29, 1.82) is 5.41 Å². The van der Waals surface area contributed by atoms with Crippen molar-refractivity contribution in [3.05, 3.63) is 99.7 Å². The zero-order chi connectivity index (χ0) is 30.1. The van der Waals surface area contributed by atoms with Gasteiger partial charge in [0.1, 0.15) is 0 Å². The Morgan fingerprint density at radius 1 is 0.600 bits per heavy atom. The summed E-state index contributed by atoms with van der Waals surface area (Å²) in [4.78, 5) is 27.6. The highest BCUT2D eigenvalue weighted by atomic mass is 16.1. The molecular weight excluding hydrogens is 490 g/mol. The minimum absolute atomic E-state index is 0.0800. The predicted octanol–water partition coefficient (Wildman–Crippen LogP) is 9.44. The molecule has 2 aliphatic rings. The molecule has 3 rings (SSSR count). The van der Waals surface area contributed by atoms with Gasteiger partial charge in [0.25, 0.3) is 0 Å². The monoisotopic (exact) mass is 537 g/mol. The van der Waals surface area contributed by atoms with Crippen molar-refractivity contribution >= 4 is 23.9 Å². The van der Waals surface area contributed by atoms with Crippen LogP contribution < -0.4 is 0 Å². The lowest BCUT2D eigenvalue weighted by atomic mass is 9.65. The van der Waals surface area contributed by atoms with E-state index in [9.17, 15) is 9.59 Å². The van der Waals surface area contributed by atoms with E-state index in [0.717, 1.165) is 51.8 Å². The summed E-state index contributed by atoms with van der Waals surface area (Å²) in [5.41, 5.74) is 4.80. The first-order valence-corrected chi connectivity index (χ1v) is 14.3. The van der Waals surface area contributed by atoms with Crippen molar-refractivity contribution < 1.29 is 9.59 Å². The first-order valence-electron chi connectivity index (χ1n) is 14.3. The van der Waals surface area contributed by atoms with E-state index in [4.69, 9.17) is 5.41 Å². The van der Waals surface area contributed by atoms with Crippen LogP contribution in [-0.2, 0) is 9.59 Å². The Labute approximate surface area is 242 Å². The summed E-state index contributed by atoms with van der Waals surface area (Å²) < 4.78 is 0. The molecule has 1 aromatic carbocycles. The van der Waals surface area contributed by atoms with Crippen LogP contribution in [0.3, 0.4) is 0 Å². The van der Waals surface area contributed by atoms with Gasteiger partial charge in [-0.25, -0.2) is 0 Å². The fourth-order valence-corrected chi connectivity index (χ4v) is 5.33. The molecule has 1 N–H and O–H groups in total. The number of carbonyl (C=O) groups excluding carboxylic acids is 2. The molecule has 0 fully saturated rings. The van der Waals surface area contributed by atoms with Crippen LogP contribution >= 0.6 is 0 Å². The van der Waals surface area contributed by atoms with Gasteiger partial charge in [-0.3, -0.25) is 9.59 Å². The molecule has 0 unspecified atom stereocenters. The van der Waals surface area contributed by atoms with Crippen molar-refractivity contribution in [2.45, 2.75) is 82.1 Å². The van der Waals surface area contributed by atoms with E-state index < -0.39 is 10.8 Å². The van der Waals surface area contributed by atoms with Crippen LogP contribution in [0.4, 0.5) is 0 Å². The molecule has 0 saturated heterocycles. The standard InChI is InChI=1S/C37H47NO2/c1-34(2,3)28-21-26(16-19-38)22-30(32(28)39)36(7,8)17-18-37(9,10)31-24-27(20-25-14-12-11-13-15-25)23-29(33(31)40)35(4,5)6/h11-16,19-24,38H,17-18H2,1-10H3/b26-16+,27-20-,38-19?. The second-order valence-electron chi connectivity index (χ2n) is 14.5. The number of nitrogens with one attached hydrogen (secondary N) is 1. The Morgan fingerprint density at radius 2 is 1.00 bits per heavy atom. The average molecular weight is 538 g/mol. The largest absolute Gasteiger partial charge is 0.309 e. The summed E-state index contributed by atoms with van der Waals surface area (Å²) >= 11 is 0. The number of benzene rings is 1. The van der Waals surface area contributed by atoms with Crippen LogP contribution in [-0.4, -0.2) is 17.8 Å². The van der Waals surface area contributed by atoms with Gasteiger partial charge in [-0.2, -0.15) is 0 Å². The minimum atomic E-state index is -0.413. The lowest BCUT2D eigenvalue weighted by Gasteiger charge is -2.38. The van der Waals surface area contributed by atoms with E-state index in [2.05, 4.69) is 93.5 Å². The molecule has 0 bridgehead atoms. The Kier molecular flexibility index (Phi) is 8.79. The third-order valence-corrected chi connectivity index (χ3v) is 8.08. The molecule has 0 aromatic heterocycles. The maximum atomic E-state index is 13.9. The van der Waals surface area contributed by atoms with E-state index in [1.807, 2.05) is 36.4 Å². The van der Waals surface area contributed by atoms with Crippen molar-refractivity contribution in [2.75, 3.05) is 0 Å². The van der Waals surface area contributed by atoms with E-state index >= 15 is 0 Å². The fraction of sp³-hybridized carbons (Fsp3) is 0.432. The van der Waals surface area contributed by atoms with Gasteiger partial charge < -0.3 is 5.41 Å². The van der Waals surface area contributed by atoms with E-state index in [1.54, 1.807) is 6.08 Å². The van der Waals surface area contributed by atoms with Gasteiger partial charge in [0.15, 0.2) is 11.6 Å². The van der Waals surface area contributed by atoms with Gasteiger partial charge in [0, 0.05) is 28.5 Å². The maximum Gasteiger partial charge on any atom is 0.186 e.